The normalized spacial score (nSPS) is 19.2. The van der Waals surface area contributed by atoms with Gasteiger partial charge in [0.2, 0.25) is 0 Å². The highest BCUT2D eigenvalue weighted by Crippen LogP contribution is 2.36. The molecule has 1 aromatic carbocycles. The van der Waals surface area contributed by atoms with Gasteiger partial charge in [-0.3, -0.25) is 0 Å². The van der Waals surface area contributed by atoms with Crippen molar-refractivity contribution in [1.29, 1.82) is 0 Å². The highest BCUT2D eigenvalue weighted by Gasteiger charge is 2.19. The average Bonchev–Trinajstić information content (AvgIpc) is 3.15. The summed E-state index contributed by atoms with van der Waals surface area (Å²) in [5.74, 6) is 0.964. The van der Waals surface area contributed by atoms with Crippen LogP contribution >= 0.6 is 11.3 Å². The van der Waals surface area contributed by atoms with Crippen molar-refractivity contribution in [1.82, 2.24) is 9.97 Å². The number of rotatable bonds is 2. The highest BCUT2D eigenvalue weighted by molar-refractivity contribution is 7.15. The summed E-state index contributed by atoms with van der Waals surface area (Å²) in [5, 5.41) is 0. The molecule has 108 valence electrons. The van der Waals surface area contributed by atoms with E-state index in [1.54, 1.807) is 11.3 Å². The monoisotopic (exact) mass is 298 g/mol. The summed E-state index contributed by atoms with van der Waals surface area (Å²) >= 11 is 1.79. The molecule has 1 N–H and O–H groups in total. The molecular formula is C17H18N2OS. The summed E-state index contributed by atoms with van der Waals surface area (Å²) in [4.78, 5) is 10.7. The summed E-state index contributed by atoms with van der Waals surface area (Å²) in [6.07, 6.45) is 3.88. The summed E-state index contributed by atoms with van der Waals surface area (Å²) in [5.41, 5.74) is 3.38. The van der Waals surface area contributed by atoms with Gasteiger partial charge < -0.3 is 9.72 Å². The largest absolute Gasteiger partial charge is 0.373 e. The second-order valence-electron chi connectivity index (χ2n) is 5.61. The minimum absolute atomic E-state index is 0.281. The number of thiophene rings is 1. The maximum absolute atomic E-state index is 5.87. The zero-order valence-corrected chi connectivity index (χ0v) is 12.9. The Morgan fingerprint density at radius 3 is 3.00 bits per heavy atom. The van der Waals surface area contributed by atoms with Gasteiger partial charge in [-0.15, -0.1) is 11.3 Å². The Labute approximate surface area is 128 Å². The summed E-state index contributed by atoms with van der Waals surface area (Å²) in [7, 11) is 0. The van der Waals surface area contributed by atoms with Crippen LogP contribution in [0.25, 0.3) is 21.7 Å². The van der Waals surface area contributed by atoms with Crippen molar-refractivity contribution in [3.8, 4) is 10.7 Å². The molecule has 3 nitrogen and oxygen atoms in total. The summed E-state index contributed by atoms with van der Waals surface area (Å²) in [6.45, 7) is 2.99. The number of hydrogen-bond donors (Lipinski definition) is 1. The molecule has 0 amide bonds. The van der Waals surface area contributed by atoms with Gasteiger partial charge in [0.05, 0.1) is 22.0 Å². The van der Waals surface area contributed by atoms with Crippen molar-refractivity contribution in [2.24, 2.45) is 0 Å². The molecule has 0 bridgehead atoms. The molecule has 0 saturated carbocycles. The SMILES string of the molecule is Cc1cccc2[nH]c(-c3ccc(C4CCCCO4)s3)nc12. The number of para-hydroxylation sites is 1. The maximum Gasteiger partial charge on any atom is 0.148 e. The molecule has 1 aliphatic heterocycles. The highest BCUT2D eigenvalue weighted by atomic mass is 32.1. The molecule has 4 heteroatoms. The Morgan fingerprint density at radius 1 is 1.24 bits per heavy atom. The van der Waals surface area contributed by atoms with E-state index >= 15 is 0 Å². The number of H-pyrrole nitrogens is 1. The van der Waals surface area contributed by atoms with E-state index in [1.165, 1.54) is 28.2 Å². The molecule has 3 heterocycles. The number of imidazole rings is 1. The predicted molar refractivity (Wildman–Crippen MR) is 86.7 cm³/mol. The minimum Gasteiger partial charge on any atom is -0.373 e. The molecule has 0 radical (unpaired) electrons. The lowest BCUT2D eigenvalue weighted by Gasteiger charge is -2.21. The first-order valence-electron chi connectivity index (χ1n) is 7.48. The molecule has 1 unspecified atom stereocenters. The molecule has 21 heavy (non-hydrogen) atoms. The van der Waals surface area contributed by atoms with Crippen molar-refractivity contribution in [2.75, 3.05) is 6.61 Å². The molecule has 0 aliphatic carbocycles. The van der Waals surface area contributed by atoms with Gasteiger partial charge in [-0.05, 0) is 49.9 Å². The van der Waals surface area contributed by atoms with Crippen molar-refractivity contribution in [2.45, 2.75) is 32.3 Å². The van der Waals surface area contributed by atoms with Crippen molar-refractivity contribution in [3.63, 3.8) is 0 Å². The Balaban J connectivity index is 1.68. The molecule has 1 aliphatic rings. The molecule has 0 spiro atoms. The van der Waals surface area contributed by atoms with E-state index in [0.29, 0.717) is 0 Å². The number of fused-ring (bicyclic) bond motifs is 1. The number of aryl methyl sites for hydroxylation is 1. The van der Waals surface area contributed by atoms with Crippen molar-refractivity contribution < 1.29 is 4.74 Å². The zero-order valence-electron chi connectivity index (χ0n) is 12.1. The molecular weight excluding hydrogens is 280 g/mol. The third-order valence-corrected chi connectivity index (χ3v) is 5.26. The van der Waals surface area contributed by atoms with Crippen LogP contribution < -0.4 is 0 Å². The Bertz CT molecular complexity index is 768. The molecule has 3 aromatic rings. The van der Waals surface area contributed by atoms with E-state index in [9.17, 15) is 0 Å². The number of aromatic nitrogens is 2. The summed E-state index contributed by atoms with van der Waals surface area (Å²) < 4.78 is 5.87. The minimum atomic E-state index is 0.281. The van der Waals surface area contributed by atoms with Gasteiger partial charge in [0, 0.05) is 11.5 Å². The molecule has 4 rings (SSSR count). The van der Waals surface area contributed by atoms with Gasteiger partial charge >= 0.3 is 0 Å². The number of benzene rings is 1. The van der Waals surface area contributed by atoms with E-state index in [1.807, 2.05) is 0 Å². The van der Waals surface area contributed by atoms with Crippen LogP contribution in [-0.4, -0.2) is 16.6 Å². The van der Waals surface area contributed by atoms with Crippen LogP contribution in [0.1, 0.15) is 35.8 Å². The number of ether oxygens (including phenoxy) is 1. The topological polar surface area (TPSA) is 37.9 Å². The van der Waals surface area contributed by atoms with E-state index in [2.05, 4.69) is 42.2 Å². The first kappa shape index (κ1) is 13.0. The van der Waals surface area contributed by atoms with E-state index in [0.717, 1.165) is 29.9 Å². The Morgan fingerprint density at radius 2 is 2.19 bits per heavy atom. The summed E-state index contributed by atoms with van der Waals surface area (Å²) in [6, 6.07) is 10.6. The van der Waals surface area contributed by atoms with Crippen LogP contribution in [0.15, 0.2) is 30.3 Å². The number of aromatic amines is 1. The van der Waals surface area contributed by atoms with E-state index in [-0.39, 0.29) is 6.10 Å². The third-order valence-electron chi connectivity index (χ3n) is 4.07. The first-order valence-corrected chi connectivity index (χ1v) is 8.30. The van der Waals surface area contributed by atoms with Gasteiger partial charge in [0.15, 0.2) is 0 Å². The second-order valence-corrected chi connectivity index (χ2v) is 6.73. The number of nitrogens with zero attached hydrogens (tertiary/aromatic N) is 1. The van der Waals surface area contributed by atoms with Gasteiger partial charge in [-0.25, -0.2) is 4.98 Å². The lowest BCUT2D eigenvalue weighted by atomic mass is 10.1. The van der Waals surface area contributed by atoms with Crippen LogP contribution in [0.3, 0.4) is 0 Å². The fraction of sp³-hybridized carbons (Fsp3) is 0.353. The third kappa shape index (κ3) is 2.39. The van der Waals surface area contributed by atoms with Gasteiger partial charge in [-0.2, -0.15) is 0 Å². The average molecular weight is 298 g/mol. The molecule has 2 aromatic heterocycles. The predicted octanol–water partition coefficient (Wildman–Crippen LogP) is 4.84. The zero-order chi connectivity index (χ0) is 14.2. The fourth-order valence-electron chi connectivity index (χ4n) is 2.91. The van der Waals surface area contributed by atoms with Crippen LogP contribution in [0, 0.1) is 6.92 Å². The van der Waals surface area contributed by atoms with E-state index in [4.69, 9.17) is 9.72 Å². The first-order chi connectivity index (χ1) is 10.3. The van der Waals surface area contributed by atoms with Crippen LogP contribution in [0.2, 0.25) is 0 Å². The van der Waals surface area contributed by atoms with Crippen LogP contribution in [-0.2, 0) is 4.74 Å². The second kappa shape index (κ2) is 5.28. The molecule has 1 atom stereocenters. The van der Waals surface area contributed by atoms with Crippen LogP contribution in [0.5, 0.6) is 0 Å². The molecule has 1 saturated heterocycles. The fourth-order valence-corrected chi connectivity index (χ4v) is 3.95. The lowest BCUT2D eigenvalue weighted by Crippen LogP contribution is -2.09. The Hall–Kier alpha value is -1.65. The van der Waals surface area contributed by atoms with Gasteiger partial charge in [0.25, 0.3) is 0 Å². The molecule has 1 fully saturated rings. The van der Waals surface area contributed by atoms with Gasteiger partial charge in [0.1, 0.15) is 5.82 Å². The number of hydrogen-bond acceptors (Lipinski definition) is 3. The van der Waals surface area contributed by atoms with Crippen LogP contribution in [0.4, 0.5) is 0 Å². The lowest BCUT2D eigenvalue weighted by molar-refractivity contribution is 0.0172. The standard InChI is InChI=1S/C17H18N2OS/c1-11-5-4-6-12-16(11)19-17(18-12)15-9-8-14(21-15)13-7-2-3-10-20-13/h4-6,8-9,13H,2-3,7,10H2,1H3,(H,18,19). The Kier molecular flexibility index (Phi) is 3.28. The van der Waals surface area contributed by atoms with E-state index < -0.39 is 0 Å². The quantitative estimate of drug-likeness (QED) is 0.735. The van der Waals surface area contributed by atoms with Gasteiger partial charge in [-0.1, -0.05) is 12.1 Å². The number of nitrogens with one attached hydrogen (secondary N) is 1. The van der Waals surface area contributed by atoms with Crippen molar-refractivity contribution in [3.05, 3.63) is 40.8 Å². The smallest absolute Gasteiger partial charge is 0.148 e. The maximum atomic E-state index is 5.87. The van der Waals surface area contributed by atoms with Crippen molar-refractivity contribution >= 4 is 22.4 Å².